The van der Waals surface area contributed by atoms with Crippen LogP contribution >= 0.6 is 0 Å². The normalized spacial score (nSPS) is 12.2. The minimum atomic E-state index is -4.98. The molecule has 13 heavy (non-hydrogen) atoms. The number of rotatable bonds is 1. The zero-order valence-electron chi connectivity index (χ0n) is 6.49. The van der Waals surface area contributed by atoms with Crippen LogP contribution in [0.25, 0.3) is 5.65 Å². The lowest BCUT2D eigenvalue weighted by molar-refractivity contribution is 0.497. The van der Waals surface area contributed by atoms with E-state index in [1.807, 2.05) is 0 Å². The summed E-state index contributed by atoms with van der Waals surface area (Å²) in [6.07, 6.45) is 2.21. The lowest BCUT2D eigenvalue weighted by atomic mass is 9.87. The Labute approximate surface area is 72.1 Å². The van der Waals surface area contributed by atoms with E-state index < -0.39 is 12.6 Å². The lowest BCUT2D eigenvalue weighted by Crippen LogP contribution is -2.37. The molecule has 0 aliphatic carbocycles. The lowest BCUT2D eigenvalue weighted by Gasteiger charge is -2.12. The smallest absolute Gasteiger partial charge is 0.444 e. The Bertz CT molecular complexity index is 434. The summed E-state index contributed by atoms with van der Waals surface area (Å²) in [7, 11) is 0. The van der Waals surface area contributed by atoms with Crippen LogP contribution in [0.2, 0.25) is 0 Å². The van der Waals surface area contributed by atoms with Gasteiger partial charge in [0.05, 0.1) is 0 Å². The molecule has 2 heterocycles. The molecule has 68 valence electrons. The first kappa shape index (κ1) is 8.16. The number of nitrogens with zero attached hydrogens (tertiary/aromatic N) is 2. The summed E-state index contributed by atoms with van der Waals surface area (Å²) in [4.78, 5) is 3.64. The first-order chi connectivity index (χ1) is 6.09. The van der Waals surface area contributed by atoms with Crippen molar-refractivity contribution in [2.75, 3.05) is 0 Å². The minimum absolute atomic E-state index is 0.316. The molecule has 2 rings (SSSR count). The van der Waals surface area contributed by atoms with E-state index in [1.54, 1.807) is 12.1 Å². The van der Waals surface area contributed by atoms with Gasteiger partial charge < -0.3 is 17.3 Å². The number of imidazole rings is 1. The molecule has 0 amide bonds. The van der Waals surface area contributed by atoms with Crippen molar-refractivity contribution in [1.82, 2.24) is 9.38 Å². The van der Waals surface area contributed by atoms with Crippen LogP contribution in [0.1, 0.15) is 0 Å². The predicted octanol–water partition coefficient (Wildman–Crippen LogP) is 1.39. The van der Waals surface area contributed by atoms with Crippen LogP contribution in [-0.2, 0) is 0 Å². The maximum absolute atomic E-state index is 12.4. The van der Waals surface area contributed by atoms with Gasteiger partial charge >= 0.3 is 6.98 Å². The van der Waals surface area contributed by atoms with Crippen LogP contribution in [0.3, 0.4) is 0 Å². The van der Waals surface area contributed by atoms with E-state index in [1.165, 1.54) is 12.3 Å². The molecule has 2 nitrogen and oxygen atoms in total. The van der Waals surface area contributed by atoms with Gasteiger partial charge in [-0.05, 0) is 17.7 Å². The summed E-state index contributed by atoms with van der Waals surface area (Å²) in [5.74, 6) is 0. The van der Waals surface area contributed by atoms with Crippen LogP contribution in [0.4, 0.5) is 12.9 Å². The molecule has 0 aliphatic rings. The molecule has 0 radical (unpaired) electrons. The highest BCUT2D eigenvalue weighted by molar-refractivity contribution is 6.72. The molecule has 0 fully saturated rings. The summed E-state index contributed by atoms with van der Waals surface area (Å²) in [6.45, 7) is -4.98. The molecular weight excluding hydrogens is 180 g/mol. The molecule has 0 aliphatic heterocycles. The molecule has 6 heteroatoms. The molecule has 2 aromatic heterocycles. The van der Waals surface area contributed by atoms with E-state index in [-0.39, 0.29) is 0 Å². The van der Waals surface area contributed by atoms with Gasteiger partial charge in [0, 0.05) is 12.4 Å². The van der Waals surface area contributed by atoms with E-state index in [0.717, 1.165) is 10.6 Å². The largest absolute Gasteiger partial charge is 0.527 e. The van der Waals surface area contributed by atoms with Crippen LogP contribution in [0, 0.1) is 0 Å². The van der Waals surface area contributed by atoms with Gasteiger partial charge in [0.1, 0.15) is 5.65 Å². The van der Waals surface area contributed by atoms with Crippen molar-refractivity contribution in [3.63, 3.8) is 0 Å². The van der Waals surface area contributed by atoms with Crippen LogP contribution in [-0.4, -0.2) is 16.4 Å². The Morgan fingerprint density at radius 2 is 2.00 bits per heavy atom. The van der Waals surface area contributed by atoms with Crippen molar-refractivity contribution in [3.8, 4) is 0 Å². The zero-order chi connectivity index (χ0) is 9.47. The van der Waals surface area contributed by atoms with Gasteiger partial charge in [-0.25, -0.2) is 4.98 Å². The van der Waals surface area contributed by atoms with Gasteiger partial charge in [0.25, 0.3) is 0 Å². The van der Waals surface area contributed by atoms with E-state index in [4.69, 9.17) is 0 Å². The Morgan fingerprint density at radius 3 is 2.69 bits per heavy atom. The van der Waals surface area contributed by atoms with Gasteiger partial charge in [-0.3, -0.25) is 0 Å². The van der Waals surface area contributed by atoms with E-state index in [0.29, 0.717) is 5.65 Å². The summed E-state index contributed by atoms with van der Waals surface area (Å²) in [5, 5.41) is 0. The first-order valence-corrected chi connectivity index (χ1v) is 3.71. The SMILES string of the molecule is F[B-](F)(F)c1cnc2ccccn12. The fourth-order valence-electron chi connectivity index (χ4n) is 1.19. The molecular formula is C7H5BF3N2-. The number of aromatic nitrogens is 2. The molecule has 0 saturated heterocycles. The van der Waals surface area contributed by atoms with Gasteiger partial charge in [-0.1, -0.05) is 6.07 Å². The maximum Gasteiger partial charge on any atom is 0.527 e. The quantitative estimate of drug-likeness (QED) is 0.613. The number of hydrogen-bond acceptors (Lipinski definition) is 1. The number of hydrogen-bond donors (Lipinski definition) is 0. The molecule has 0 saturated carbocycles. The second-order valence-electron chi connectivity index (χ2n) is 2.69. The van der Waals surface area contributed by atoms with Crippen LogP contribution in [0.15, 0.2) is 30.6 Å². The van der Waals surface area contributed by atoms with Gasteiger partial charge in [-0.2, -0.15) is 0 Å². The Hall–Kier alpha value is -1.46. The topological polar surface area (TPSA) is 17.3 Å². The van der Waals surface area contributed by atoms with Crippen molar-refractivity contribution < 1.29 is 12.9 Å². The van der Waals surface area contributed by atoms with Gasteiger partial charge in [0.15, 0.2) is 0 Å². The first-order valence-electron chi connectivity index (χ1n) is 3.71. The predicted molar refractivity (Wildman–Crippen MR) is 43.9 cm³/mol. The van der Waals surface area contributed by atoms with Gasteiger partial charge in [0.2, 0.25) is 0 Å². The van der Waals surface area contributed by atoms with Crippen LogP contribution < -0.4 is 5.59 Å². The molecule has 0 N–H and O–H groups in total. The average molecular weight is 185 g/mol. The van der Waals surface area contributed by atoms with Crippen molar-refractivity contribution in [1.29, 1.82) is 0 Å². The Morgan fingerprint density at radius 1 is 1.23 bits per heavy atom. The maximum atomic E-state index is 12.4. The Balaban J connectivity index is 2.72. The third-order valence-electron chi connectivity index (χ3n) is 1.78. The average Bonchev–Trinajstić information content (AvgIpc) is 2.45. The highest BCUT2D eigenvalue weighted by atomic mass is 19.4. The van der Waals surface area contributed by atoms with Crippen molar-refractivity contribution in [2.45, 2.75) is 0 Å². The summed E-state index contributed by atoms with van der Waals surface area (Å²) in [5.41, 5.74) is -0.368. The molecule has 0 atom stereocenters. The second kappa shape index (κ2) is 2.51. The molecule has 0 spiro atoms. The number of pyridine rings is 1. The van der Waals surface area contributed by atoms with E-state index in [2.05, 4.69) is 4.98 Å². The monoisotopic (exact) mass is 185 g/mol. The third-order valence-corrected chi connectivity index (χ3v) is 1.78. The second-order valence-corrected chi connectivity index (χ2v) is 2.69. The summed E-state index contributed by atoms with van der Waals surface area (Å²) >= 11 is 0. The highest BCUT2D eigenvalue weighted by Gasteiger charge is 2.29. The van der Waals surface area contributed by atoms with Crippen LogP contribution in [0.5, 0.6) is 0 Å². The number of halogens is 3. The zero-order valence-corrected chi connectivity index (χ0v) is 6.49. The van der Waals surface area contributed by atoms with Crippen molar-refractivity contribution in [2.24, 2.45) is 0 Å². The Kier molecular flexibility index (Phi) is 1.58. The van der Waals surface area contributed by atoms with E-state index >= 15 is 0 Å². The molecule has 0 aromatic carbocycles. The summed E-state index contributed by atoms with van der Waals surface area (Å²) in [6, 6.07) is 4.72. The minimum Gasteiger partial charge on any atom is -0.444 e. The fourth-order valence-corrected chi connectivity index (χ4v) is 1.19. The molecule has 2 aromatic rings. The highest BCUT2D eigenvalue weighted by Crippen LogP contribution is 2.09. The van der Waals surface area contributed by atoms with Gasteiger partial charge in [-0.15, -0.1) is 0 Å². The third kappa shape index (κ3) is 1.28. The van der Waals surface area contributed by atoms with E-state index in [9.17, 15) is 12.9 Å². The van der Waals surface area contributed by atoms with Crippen molar-refractivity contribution in [3.05, 3.63) is 30.6 Å². The number of fused-ring (bicyclic) bond motifs is 1. The molecule has 0 unspecified atom stereocenters. The fraction of sp³-hybridized carbons (Fsp3) is 0. The van der Waals surface area contributed by atoms with Crippen molar-refractivity contribution >= 4 is 18.2 Å². The standard InChI is InChI=1S/C7H5BF3N2/c9-8(10,11)6-5-12-7-3-1-2-4-13(6)7/h1-5H/q-1. The molecule has 0 bridgehead atoms. The summed E-state index contributed by atoms with van der Waals surface area (Å²) < 4.78 is 38.1.